The van der Waals surface area contributed by atoms with Gasteiger partial charge in [-0.05, 0) is 36.8 Å². The molecule has 5 nitrogen and oxygen atoms in total. The lowest BCUT2D eigenvalue weighted by Crippen LogP contribution is -2.12. The van der Waals surface area contributed by atoms with Crippen molar-refractivity contribution in [1.29, 1.82) is 0 Å². The smallest absolute Gasteiger partial charge is 0.258 e. The highest BCUT2D eigenvalue weighted by Gasteiger charge is 2.14. The van der Waals surface area contributed by atoms with Crippen molar-refractivity contribution < 1.29 is 0 Å². The van der Waals surface area contributed by atoms with E-state index in [1.807, 2.05) is 55.6 Å². The average Bonchev–Trinajstić information content (AvgIpc) is 3.10. The summed E-state index contributed by atoms with van der Waals surface area (Å²) in [6, 6.07) is 15.4. The molecule has 4 rings (SSSR count). The van der Waals surface area contributed by atoms with Crippen molar-refractivity contribution in [3.05, 3.63) is 75.4 Å². The summed E-state index contributed by atoms with van der Waals surface area (Å²) in [7, 11) is 0. The van der Waals surface area contributed by atoms with Gasteiger partial charge in [-0.15, -0.1) is 0 Å². The number of nitrogens with zero attached hydrogens (tertiary/aromatic N) is 2. The van der Waals surface area contributed by atoms with Crippen molar-refractivity contribution in [3.63, 3.8) is 0 Å². The van der Waals surface area contributed by atoms with Crippen molar-refractivity contribution in [2.24, 2.45) is 0 Å². The highest BCUT2D eigenvalue weighted by Crippen LogP contribution is 2.32. The number of para-hydroxylation sites is 1. The number of hydrogen-bond acceptors (Lipinski definition) is 4. The molecular weight excluding hydrogens is 412 g/mol. The van der Waals surface area contributed by atoms with Gasteiger partial charge in [0.1, 0.15) is 5.82 Å². The molecule has 0 amide bonds. The van der Waals surface area contributed by atoms with Crippen LogP contribution < -0.4 is 5.56 Å². The maximum Gasteiger partial charge on any atom is 0.258 e. The molecule has 0 unspecified atom stereocenters. The number of benzene rings is 2. The second-order valence-electron chi connectivity index (χ2n) is 5.84. The van der Waals surface area contributed by atoms with Crippen LogP contribution in [0.25, 0.3) is 22.2 Å². The Labute approximate surface area is 162 Å². The molecule has 0 radical (unpaired) electrons. The first-order valence-corrected chi connectivity index (χ1v) is 9.74. The molecule has 0 aliphatic heterocycles. The lowest BCUT2D eigenvalue weighted by molar-refractivity contribution is 0.913. The summed E-state index contributed by atoms with van der Waals surface area (Å²) in [4.78, 5) is 27.5. The predicted molar refractivity (Wildman–Crippen MR) is 108 cm³/mol. The van der Waals surface area contributed by atoms with Crippen molar-refractivity contribution >= 4 is 38.6 Å². The molecule has 0 aliphatic carbocycles. The zero-order valence-corrected chi connectivity index (χ0v) is 16.3. The molecule has 7 heteroatoms. The van der Waals surface area contributed by atoms with Gasteiger partial charge >= 0.3 is 0 Å². The fraction of sp³-hybridized carbons (Fsp3) is 0.105. The van der Waals surface area contributed by atoms with Crippen molar-refractivity contribution in [1.82, 2.24) is 19.9 Å². The van der Waals surface area contributed by atoms with Gasteiger partial charge in [0.05, 0.1) is 28.0 Å². The summed E-state index contributed by atoms with van der Waals surface area (Å²) in [6.07, 6.45) is 1.81. The van der Waals surface area contributed by atoms with Crippen LogP contribution in [-0.4, -0.2) is 19.9 Å². The van der Waals surface area contributed by atoms with E-state index in [1.54, 1.807) is 6.07 Å². The number of aromatic amines is 2. The van der Waals surface area contributed by atoms with Crippen molar-refractivity contribution in [2.75, 3.05) is 0 Å². The molecule has 0 aliphatic rings. The zero-order chi connectivity index (χ0) is 18.1. The number of halogens is 1. The first-order valence-electron chi connectivity index (χ1n) is 8.07. The van der Waals surface area contributed by atoms with E-state index in [2.05, 4.69) is 35.9 Å². The molecule has 2 aromatic carbocycles. The Morgan fingerprint density at radius 3 is 2.65 bits per heavy atom. The molecule has 1 atom stereocenters. The highest BCUT2D eigenvalue weighted by molar-refractivity contribution is 9.10. The van der Waals surface area contributed by atoms with Crippen LogP contribution >= 0.6 is 27.7 Å². The molecule has 2 N–H and O–H groups in total. The number of imidazole rings is 1. The summed E-state index contributed by atoms with van der Waals surface area (Å²) in [6.45, 7) is 2.00. The van der Waals surface area contributed by atoms with E-state index in [9.17, 15) is 4.79 Å². The zero-order valence-electron chi connectivity index (χ0n) is 13.9. The van der Waals surface area contributed by atoms with E-state index in [4.69, 9.17) is 0 Å². The minimum Gasteiger partial charge on any atom is -0.333 e. The standard InChI is InChI=1S/C19H15BrN4OS/c1-11(17-22-15-5-3-2-4-14(15)18(25)24-17)26-19-21-10-16(23-19)12-6-8-13(20)9-7-12/h2-11H,1H3,(H,21,23)(H,22,24,25)/t11-/m1/s1. The molecule has 26 heavy (non-hydrogen) atoms. The normalized spacial score (nSPS) is 12.4. The van der Waals surface area contributed by atoms with Crippen LogP contribution in [0, 0.1) is 0 Å². The molecule has 0 fully saturated rings. The van der Waals surface area contributed by atoms with Crippen LogP contribution in [0.4, 0.5) is 0 Å². The summed E-state index contributed by atoms with van der Waals surface area (Å²) in [5, 5.41) is 1.34. The monoisotopic (exact) mass is 426 g/mol. The summed E-state index contributed by atoms with van der Waals surface area (Å²) in [5.41, 5.74) is 2.60. The van der Waals surface area contributed by atoms with Gasteiger partial charge < -0.3 is 9.97 Å². The summed E-state index contributed by atoms with van der Waals surface area (Å²) >= 11 is 4.96. The Morgan fingerprint density at radius 1 is 1.08 bits per heavy atom. The molecule has 0 spiro atoms. The van der Waals surface area contributed by atoms with Crippen LogP contribution in [-0.2, 0) is 0 Å². The Kier molecular flexibility index (Phi) is 4.65. The van der Waals surface area contributed by atoms with E-state index in [1.165, 1.54) is 11.8 Å². The average molecular weight is 427 g/mol. The first-order chi connectivity index (χ1) is 12.6. The van der Waals surface area contributed by atoms with Crippen LogP contribution in [0.5, 0.6) is 0 Å². The SMILES string of the molecule is C[C@@H](Sc1ncc(-c2ccc(Br)cc2)[nH]1)c1nc2ccccc2c(=O)[nH]1. The fourth-order valence-corrected chi connectivity index (χ4v) is 3.76. The van der Waals surface area contributed by atoms with Gasteiger partial charge in [-0.25, -0.2) is 9.97 Å². The Hall–Kier alpha value is -2.38. The van der Waals surface area contributed by atoms with Gasteiger partial charge in [0.15, 0.2) is 5.16 Å². The molecule has 2 aromatic heterocycles. The molecule has 2 heterocycles. The minimum absolute atomic E-state index is 0.0452. The minimum atomic E-state index is -0.118. The second kappa shape index (κ2) is 7.09. The molecule has 4 aromatic rings. The third-order valence-corrected chi connectivity index (χ3v) is 5.55. The molecule has 130 valence electrons. The molecule has 0 saturated carbocycles. The van der Waals surface area contributed by atoms with Gasteiger partial charge in [-0.2, -0.15) is 0 Å². The third-order valence-electron chi connectivity index (χ3n) is 4.01. The van der Waals surface area contributed by atoms with Gasteiger partial charge in [0, 0.05) is 4.47 Å². The lowest BCUT2D eigenvalue weighted by atomic mass is 10.2. The predicted octanol–water partition coefficient (Wildman–Crippen LogP) is 4.93. The van der Waals surface area contributed by atoms with E-state index in [0.29, 0.717) is 16.7 Å². The number of H-pyrrole nitrogens is 2. The Bertz CT molecular complexity index is 1120. The summed E-state index contributed by atoms with van der Waals surface area (Å²) in [5.74, 6) is 0.639. The Morgan fingerprint density at radius 2 is 1.85 bits per heavy atom. The van der Waals surface area contributed by atoms with E-state index >= 15 is 0 Å². The number of thioether (sulfide) groups is 1. The van der Waals surface area contributed by atoms with Gasteiger partial charge in [-0.3, -0.25) is 4.79 Å². The topological polar surface area (TPSA) is 74.4 Å². The number of rotatable bonds is 4. The van der Waals surface area contributed by atoms with E-state index in [0.717, 1.165) is 20.9 Å². The summed E-state index contributed by atoms with van der Waals surface area (Å²) < 4.78 is 1.04. The van der Waals surface area contributed by atoms with Gasteiger partial charge in [0.25, 0.3) is 5.56 Å². The number of aromatic nitrogens is 4. The van der Waals surface area contributed by atoms with E-state index in [-0.39, 0.29) is 10.8 Å². The van der Waals surface area contributed by atoms with Gasteiger partial charge in [0.2, 0.25) is 0 Å². The van der Waals surface area contributed by atoms with Crippen LogP contribution in [0.3, 0.4) is 0 Å². The van der Waals surface area contributed by atoms with Crippen molar-refractivity contribution in [3.8, 4) is 11.3 Å². The molecule has 0 saturated heterocycles. The maximum absolute atomic E-state index is 12.2. The number of hydrogen-bond donors (Lipinski definition) is 2. The maximum atomic E-state index is 12.2. The second-order valence-corrected chi connectivity index (χ2v) is 8.08. The molecular formula is C19H15BrN4OS. The highest BCUT2D eigenvalue weighted by atomic mass is 79.9. The largest absolute Gasteiger partial charge is 0.333 e. The molecule has 0 bridgehead atoms. The quantitative estimate of drug-likeness (QED) is 0.453. The first kappa shape index (κ1) is 17.1. The van der Waals surface area contributed by atoms with Crippen molar-refractivity contribution in [2.45, 2.75) is 17.3 Å². The fourth-order valence-electron chi connectivity index (χ4n) is 2.66. The van der Waals surface area contributed by atoms with Crippen LogP contribution in [0.15, 0.2) is 69.2 Å². The van der Waals surface area contributed by atoms with Crippen LogP contribution in [0.2, 0.25) is 0 Å². The van der Waals surface area contributed by atoms with Crippen LogP contribution in [0.1, 0.15) is 18.0 Å². The lowest BCUT2D eigenvalue weighted by Gasteiger charge is -2.09. The van der Waals surface area contributed by atoms with Gasteiger partial charge in [-0.1, -0.05) is 52.0 Å². The van der Waals surface area contributed by atoms with E-state index < -0.39 is 0 Å². The number of nitrogens with one attached hydrogen (secondary N) is 2. The third kappa shape index (κ3) is 3.45. The Balaban J connectivity index is 1.58. The number of fused-ring (bicyclic) bond motifs is 1.